The smallest absolute Gasteiger partial charge is 0.308 e. The maximum absolute atomic E-state index is 11.3. The van der Waals surface area contributed by atoms with Crippen molar-refractivity contribution in [2.45, 2.75) is 32.2 Å². The van der Waals surface area contributed by atoms with Crippen LogP contribution in [0.2, 0.25) is 0 Å². The quantitative estimate of drug-likeness (QED) is 0.887. The predicted molar refractivity (Wildman–Crippen MR) is 74.0 cm³/mol. The van der Waals surface area contributed by atoms with E-state index in [4.69, 9.17) is 0 Å². The second-order valence-corrected chi connectivity index (χ2v) is 5.98. The van der Waals surface area contributed by atoms with Crippen LogP contribution in [0.1, 0.15) is 36.9 Å². The molecule has 0 amide bonds. The summed E-state index contributed by atoms with van der Waals surface area (Å²) < 4.78 is 0. The third-order valence-electron chi connectivity index (χ3n) is 4.74. The highest BCUT2D eigenvalue weighted by Crippen LogP contribution is 2.38. The normalized spacial score (nSPS) is 31.1. The molecule has 1 fully saturated rings. The fourth-order valence-electron chi connectivity index (χ4n) is 3.69. The number of hydrogen-bond acceptors (Lipinski definition) is 2. The van der Waals surface area contributed by atoms with Gasteiger partial charge in [0.1, 0.15) is 0 Å². The second-order valence-electron chi connectivity index (χ2n) is 5.98. The molecule has 0 aromatic heterocycles. The van der Waals surface area contributed by atoms with Crippen molar-refractivity contribution in [3.05, 3.63) is 35.4 Å². The zero-order valence-corrected chi connectivity index (χ0v) is 11.4. The number of hydrogen-bond donors (Lipinski definition) is 1. The van der Waals surface area contributed by atoms with Crippen LogP contribution in [-0.2, 0) is 11.2 Å². The van der Waals surface area contributed by atoms with Gasteiger partial charge in [0, 0.05) is 19.1 Å². The molecule has 3 atom stereocenters. The molecule has 102 valence electrons. The highest BCUT2D eigenvalue weighted by Gasteiger charge is 2.38. The van der Waals surface area contributed by atoms with E-state index in [1.807, 2.05) is 0 Å². The Morgan fingerprint density at radius 1 is 1.32 bits per heavy atom. The number of aryl methyl sites for hydroxylation is 1. The van der Waals surface area contributed by atoms with Crippen molar-refractivity contribution in [2.24, 2.45) is 11.8 Å². The van der Waals surface area contributed by atoms with Gasteiger partial charge in [0.2, 0.25) is 0 Å². The molecule has 1 aromatic rings. The molecule has 1 saturated heterocycles. The van der Waals surface area contributed by atoms with Crippen molar-refractivity contribution >= 4 is 5.97 Å². The van der Waals surface area contributed by atoms with Crippen LogP contribution in [0.3, 0.4) is 0 Å². The zero-order chi connectivity index (χ0) is 13.4. The number of carboxylic acids is 1. The van der Waals surface area contributed by atoms with Crippen molar-refractivity contribution in [1.82, 2.24) is 4.90 Å². The minimum Gasteiger partial charge on any atom is -0.481 e. The van der Waals surface area contributed by atoms with E-state index in [1.54, 1.807) is 0 Å². The lowest BCUT2D eigenvalue weighted by molar-refractivity contribution is -0.142. The largest absolute Gasteiger partial charge is 0.481 e. The molecule has 3 heteroatoms. The van der Waals surface area contributed by atoms with Crippen LogP contribution in [0.15, 0.2) is 24.3 Å². The van der Waals surface area contributed by atoms with Crippen molar-refractivity contribution in [3.63, 3.8) is 0 Å². The summed E-state index contributed by atoms with van der Waals surface area (Å²) in [6, 6.07) is 9.07. The molecule has 1 N–H and O–H groups in total. The first-order valence-corrected chi connectivity index (χ1v) is 7.21. The first kappa shape index (κ1) is 12.7. The topological polar surface area (TPSA) is 40.5 Å². The first-order chi connectivity index (χ1) is 9.16. The molecule has 0 bridgehead atoms. The van der Waals surface area contributed by atoms with Gasteiger partial charge in [-0.25, -0.2) is 0 Å². The summed E-state index contributed by atoms with van der Waals surface area (Å²) in [7, 11) is 0. The lowest BCUT2D eigenvalue weighted by Gasteiger charge is -2.33. The molecular weight excluding hydrogens is 238 g/mol. The van der Waals surface area contributed by atoms with Gasteiger partial charge in [-0.1, -0.05) is 31.2 Å². The minimum atomic E-state index is -0.640. The van der Waals surface area contributed by atoms with Crippen LogP contribution in [0.4, 0.5) is 0 Å². The Labute approximate surface area is 114 Å². The summed E-state index contributed by atoms with van der Waals surface area (Å²) in [4.78, 5) is 13.6. The molecule has 1 unspecified atom stereocenters. The van der Waals surface area contributed by atoms with Crippen molar-refractivity contribution in [2.75, 3.05) is 13.1 Å². The number of carboxylic acid groups (broad SMARTS) is 1. The molecule has 1 aliphatic carbocycles. The van der Waals surface area contributed by atoms with Crippen LogP contribution >= 0.6 is 0 Å². The SMILES string of the molecule is C[C@@H]1CN(C2CCCc3ccccc32)C[C@H]1C(=O)O. The van der Waals surface area contributed by atoms with Crippen LogP contribution in [-0.4, -0.2) is 29.1 Å². The summed E-state index contributed by atoms with van der Waals surface area (Å²) in [5, 5.41) is 9.27. The average molecular weight is 259 g/mol. The monoisotopic (exact) mass is 259 g/mol. The van der Waals surface area contributed by atoms with E-state index in [0.29, 0.717) is 12.6 Å². The first-order valence-electron chi connectivity index (χ1n) is 7.21. The van der Waals surface area contributed by atoms with E-state index in [2.05, 4.69) is 36.1 Å². The van der Waals surface area contributed by atoms with Gasteiger partial charge in [-0.3, -0.25) is 9.69 Å². The average Bonchev–Trinajstić information content (AvgIpc) is 2.80. The lowest BCUT2D eigenvalue weighted by atomic mass is 9.87. The summed E-state index contributed by atoms with van der Waals surface area (Å²) >= 11 is 0. The summed E-state index contributed by atoms with van der Waals surface area (Å²) in [6.07, 6.45) is 3.54. The van der Waals surface area contributed by atoms with Gasteiger partial charge >= 0.3 is 5.97 Å². The van der Waals surface area contributed by atoms with Gasteiger partial charge in [0.25, 0.3) is 0 Å². The summed E-state index contributed by atoms with van der Waals surface area (Å²) in [5.41, 5.74) is 2.87. The van der Waals surface area contributed by atoms with Crippen molar-refractivity contribution < 1.29 is 9.90 Å². The van der Waals surface area contributed by atoms with E-state index >= 15 is 0 Å². The maximum Gasteiger partial charge on any atom is 0.308 e. The Morgan fingerprint density at radius 2 is 2.11 bits per heavy atom. The molecular formula is C16H21NO2. The zero-order valence-electron chi connectivity index (χ0n) is 11.4. The molecule has 1 aromatic carbocycles. The Kier molecular flexibility index (Phi) is 3.31. The van der Waals surface area contributed by atoms with Crippen molar-refractivity contribution in [1.29, 1.82) is 0 Å². The predicted octanol–water partition coefficient (Wildman–Crippen LogP) is 2.72. The van der Waals surface area contributed by atoms with Crippen LogP contribution < -0.4 is 0 Å². The number of aliphatic carboxylic acids is 1. The number of fused-ring (bicyclic) bond motifs is 1. The molecule has 3 rings (SSSR count). The molecule has 0 saturated carbocycles. The molecule has 3 nitrogen and oxygen atoms in total. The van der Waals surface area contributed by atoms with Gasteiger partial charge in [-0.2, -0.15) is 0 Å². The fraction of sp³-hybridized carbons (Fsp3) is 0.562. The highest BCUT2D eigenvalue weighted by atomic mass is 16.4. The number of likely N-dealkylation sites (tertiary alicyclic amines) is 1. The summed E-state index contributed by atoms with van der Waals surface area (Å²) in [5.74, 6) is -0.584. The molecule has 0 spiro atoms. The second kappa shape index (κ2) is 4.97. The Morgan fingerprint density at radius 3 is 2.84 bits per heavy atom. The lowest BCUT2D eigenvalue weighted by Crippen LogP contribution is -2.30. The van der Waals surface area contributed by atoms with Gasteiger partial charge in [-0.05, 0) is 36.3 Å². The van der Waals surface area contributed by atoms with E-state index in [-0.39, 0.29) is 11.8 Å². The van der Waals surface area contributed by atoms with Gasteiger partial charge in [0.05, 0.1) is 5.92 Å². The molecule has 19 heavy (non-hydrogen) atoms. The molecule has 2 aliphatic rings. The Hall–Kier alpha value is -1.35. The van der Waals surface area contributed by atoms with E-state index < -0.39 is 5.97 Å². The van der Waals surface area contributed by atoms with E-state index in [9.17, 15) is 9.90 Å². The van der Waals surface area contributed by atoms with Crippen molar-refractivity contribution in [3.8, 4) is 0 Å². The van der Waals surface area contributed by atoms with Gasteiger partial charge in [-0.15, -0.1) is 0 Å². The highest BCUT2D eigenvalue weighted by molar-refractivity contribution is 5.71. The number of nitrogens with zero attached hydrogens (tertiary/aromatic N) is 1. The van der Waals surface area contributed by atoms with Gasteiger partial charge in [0.15, 0.2) is 0 Å². The molecule has 0 radical (unpaired) electrons. The number of rotatable bonds is 2. The Balaban J connectivity index is 1.83. The van der Waals surface area contributed by atoms with Crippen LogP contribution in [0.5, 0.6) is 0 Å². The van der Waals surface area contributed by atoms with Crippen LogP contribution in [0.25, 0.3) is 0 Å². The molecule has 1 heterocycles. The van der Waals surface area contributed by atoms with E-state index in [0.717, 1.165) is 13.0 Å². The maximum atomic E-state index is 11.3. The summed E-state index contributed by atoms with van der Waals surface area (Å²) in [6.45, 7) is 3.68. The Bertz CT molecular complexity index is 485. The molecule has 1 aliphatic heterocycles. The standard InChI is InChI=1S/C16H21NO2/c1-11-9-17(10-14(11)16(18)19)15-8-4-6-12-5-2-3-7-13(12)15/h2-3,5,7,11,14-15H,4,6,8-10H2,1H3,(H,18,19)/t11-,14-,15?/m1/s1. The number of benzene rings is 1. The van der Waals surface area contributed by atoms with E-state index in [1.165, 1.54) is 24.0 Å². The minimum absolute atomic E-state index is 0.200. The number of carbonyl (C=O) groups is 1. The third-order valence-corrected chi connectivity index (χ3v) is 4.74. The van der Waals surface area contributed by atoms with Crippen LogP contribution in [0, 0.1) is 11.8 Å². The van der Waals surface area contributed by atoms with Gasteiger partial charge < -0.3 is 5.11 Å². The fourth-order valence-corrected chi connectivity index (χ4v) is 3.69. The third kappa shape index (κ3) is 2.27.